The fourth-order valence-electron chi connectivity index (χ4n) is 3.04. The number of thiazole rings is 1. The summed E-state index contributed by atoms with van der Waals surface area (Å²) in [5.41, 5.74) is 3.52. The van der Waals surface area contributed by atoms with Gasteiger partial charge in [0.1, 0.15) is 16.5 Å². The van der Waals surface area contributed by atoms with E-state index < -0.39 is 0 Å². The number of nitrogens with one attached hydrogen (secondary N) is 2. The smallest absolute Gasteiger partial charge is 0.321 e. The first-order chi connectivity index (χ1) is 14.7. The number of nitrogens with zero attached hydrogens (tertiary/aromatic N) is 2. The molecule has 2 N–H and O–H groups in total. The Labute approximate surface area is 185 Å². The number of benzene rings is 2. The maximum atomic E-state index is 13.0. The standard InChI is InChI=1S/C23H25FN4O2S/c1-14(2)28(23(30)27-21-15(3)6-5-7-16(21)4)12-20-26-19(13-31-20)22(29)25-18-10-8-17(24)9-11-18/h5-11,13-14H,12H2,1-4H3,(H,25,29)(H,27,30). The molecule has 2 aromatic carbocycles. The van der Waals surface area contributed by atoms with Crippen LogP contribution in [-0.4, -0.2) is 27.9 Å². The third-order valence-electron chi connectivity index (χ3n) is 4.79. The summed E-state index contributed by atoms with van der Waals surface area (Å²) in [6, 6.07) is 11.1. The van der Waals surface area contributed by atoms with E-state index in [2.05, 4.69) is 15.6 Å². The third kappa shape index (κ3) is 5.67. The molecule has 0 unspecified atom stereocenters. The van der Waals surface area contributed by atoms with Gasteiger partial charge in [-0.2, -0.15) is 0 Å². The number of halogens is 1. The van der Waals surface area contributed by atoms with Gasteiger partial charge in [0, 0.05) is 22.8 Å². The molecule has 0 saturated heterocycles. The third-order valence-corrected chi connectivity index (χ3v) is 5.62. The van der Waals surface area contributed by atoms with Crippen molar-refractivity contribution in [1.29, 1.82) is 0 Å². The highest BCUT2D eigenvalue weighted by molar-refractivity contribution is 7.09. The van der Waals surface area contributed by atoms with Crippen LogP contribution in [0.3, 0.4) is 0 Å². The van der Waals surface area contributed by atoms with E-state index in [1.807, 2.05) is 45.9 Å². The summed E-state index contributed by atoms with van der Waals surface area (Å²) in [5, 5.41) is 7.99. The van der Waals surface area contributed by atoms with Gasteiger partial charge in [0.05, 0.1) is 6.54 Å². The lowest BCUT2D eigenvalue weighted by molar-refractivity contribution is 0.102. The van der Waals surface area contributed by atoms with Gasteiger partial charge < -0.3 is 15.5 Å². The van der Waals surface area contributed by atoms with Gasteiger partial charge >= 0.3 is 6.03 Å². The van der Waals surface area contributed by atoms with Gasteiger partial charge in [-0.3, -0.25) is 4.79 Å². The van der Waals surface area contributed by atoms with Gasteiger partial charge in [0.15, 0.2) is 0 Å². The van der Waals surface area contributed by atoms with Crippen LogP contribution in [0.1, 0.15) is 40.5 Å². The zero-order valence-electron chi connectivity index (χ0n) is 17.9. The monoisotopic (exact) mass is 440 g/mol. The molecule has 8 heteroatoms. The molecule has 0 aliphatic rings. The summed E-state index contributed by atoms with van der Waals surface area (Å²) < 4.78 is 13.0. The van der Waals surface area contributed by atoms with Crippen molar-refractivity contribution >= 4 is 34.6 Å². The number of urea groups is 1. The number of carbonyl (C=O) groups is 2. The molecule has 1 heterocycles. The van der Waals surface area contributed by atoms with E-state index in [0.717, 1.165) is 16.8 Å². The summed E-state index contributed by atoms with van der Waals surface area (Å²) >= 11 is 1.31. The molecule has 1 aromatic heterocycles. The zero-order chi connectivity index (χ0) is 22.5. The van der Waals surface area contributed by atoms with E-state index in [9.17, 15) is 14.0 Å². The van der Waals surface area contributed by atoms with Crippen LogP contribution in [0.25, 0.3) is 0 Å². The first-order valence-electron chi connectivity index (χ1n) is 9.89. The minimum Gasteiger partial charge on any atom is -0.321 e. The summed E-state index contributed by atoms with van der Waals surface area (Å²) in [7, 11) is 0. The summed E-state index contributed by atoms with van der Waals surface area (Å²) in [6.07, 6.45) is 0. The number of para-hydroxylation sites is 1. The van der Waals surface area contributed by atoms with Crippen molar-refractivity contribution in [2.24, 2.45) is 0 Å². The zero-order valence-corrected chi connectivity index (χ0v) is 18.7. The number of hydrogen-bond acceptors (Lipinski definition) is 4. The Hall–Kier alpha value is -3.26. The molecule has 0 aliphatic heterocycles. The number of amides is 3. The van der Waals surface area contributed by atoms with Crippen LogP contribution < -0.4 is 10.6 Å². The van der Waals surface area contributed by atoms with Crippen molar-refractivity contribution in [2.75, 3.05) is 10.6 Å². The SMILES string of the molecule is Cc1cccc(C)c1NC(=O)N(Cc1nc(C(=O)Nc2ccc(F)cc2)cs1)C(C)C. The van der Waals surface area contributed by atoms with Gasteiger partial charge in [-0.15, -0.1) is 11.3 Å². The number of anilines is 2. The molecule has 3 rings (SSSR count). The van der Waals surface area contributed by atoms with Crippen LogP contribution in [-0.2, 0) is 6.54 Å². The highest BCUT2D eigenvalue weighted by atomic mass is 32.1. The van der Waals surface area contributed by atoms with Crippen molar-refractivity contribution in [3.63, 3.8) is 0 Å². The van der Waals surface area contributed by atoms with Crippen molar-refractivity contribution < 1.29 is 14.0 Å². The lowest BCUT2D eigenvalue weighted by Gasteiger charge is -2.27. The molecule has 0 radical (unpaired) electrons. The molecule has 0 atom stereocenters. The van der Waals surface area contributed by atoms with E-state index >= 15 is 0 Å². The van der Waals surface area contributed by atoms with Crippen molar-refractivity contribution in [3.8, 4) is 0 Å². The van der Waals surface area contributed by atoms with Crippen LogP contribution in [0.5, 0.6) is 0 Å². The molecule has 0 fully saturated rings. The second-order valence-electron chi connectivity index (χ2n) is 7.51. The van der Waals surface area contributed by atoms with E-state index in [-0.39, 0.29) is 36.0 Å². The molecule has 0 saturated carbocycles. The van der Waals surface area contributed by atoms with Crippen molar-refractivity contribution in [3.05, 3.63) is 75.5 Å². The Morgan fingerprint density at radius 2 is 1.71 bits per heavy atom. The Morgan fingerprint density at radius 1 is 1.06 bits per heavy atom. The lowest BCUT2D eigenvalue weighted by atomic mass is 10.1. The van der Waals surface area contributed by atoms with E-state index in [0.29, 0.717) is 10.7 Å². The van der Waals surface area contributed by atoms with Gasteiger partial charge in [-0.1, -0.05) is 18.2 Å². The first-order valence-corrected chi connectivity index (χ1v) is 10.8. The summed E-state index contributed by atoms with van der Waals surface area (Å²) in [6.45, 7) is 8.05. The van der Waals surface area contributed by atoms with Crippen LogP contribution in [0.4, 0.5) is 20.6 Å². The highest BCUT2D eigenvalue weighted by Gasteiger charge is 2.21. The van der Waals surface area contributed by atoms with E-state index in [1.54, 1.807) is 10.3 Å². The Kier molecular flexibility index (Phi) is 7.02. The number of carbonyl (C=O) groups excluding carboxylic acids is 2. The number of aryl methyl sites for hydroxylation is 2. The molecule has 162 valence electrons. The summed E-state index contributed by atoms with van der Waals surface area (Å²) in [4.78, 5) is 31.4. The average Bonchev–Trinajstić information content (AvgIpc) is 3.19. The number of hydrogen-bond donors (Lipinski definition) is 2. The number of rotatable bonds is 6. The minimum absolute atomic E-state index is 0.0651. The van der Waals surface area contributed by atoms with Crippen LogP contribution in [0.15, 0.2) is 47.8 Å². The highest BCUT2D eigenvalue weighted by Crippen LogP contribution is 2.22. The predicted molar refractivity (Wildman–Crippen MR) is 122 cm³/mol. The molecular weight excluding hydrogens is 415 g/mol. The van der Waals surface area contributed by atoms with Gasteiger partial charge in [0.2, 0.25) is 0 Å². The topological polar surface area (TPSA) is 74.3 Å². The van der Waals surface area contributed by atoms with Gasteiger partial charge in [0.25, 0.3) is 5.91 Å². The lowest BCUT2D eigenvalue weighted by Crippen LogP contribution is -2.39. The molecule has 0 spiro atoms. The van der Waals surface area contributed by atoms with Gasteiger partial charge in [-0.05, 0) is 63.1 Å². The quantitative estimate of drug-likeness (QED) is 0.524. The van der Waals surface area contributed by atoms with E-state index in [4.69, 9.17) is 0 Å². The largest absolute Gasteiger partial charge is 0.322 e. The Morgan fingerprint density at radius 3 is 2.32 bits per heavy atom. The molecule has 0 bridgehead atoms. The van der Waals surface area contributed by atoms with Crippen LogP contribution in [0, 0.1) is 19.7 Å². The van der Waals surface area contributed by atoms with Crippen molar-refractivity contribution in [2.45, 2.75) is 40.3 Å². The van der Waals surface area contributed by atoms with Gasteiger partial charge in [-0.25, -0.2) is 14.2 Å². The maximum absolute atomic E-state index is 13.0. The minimum atomic E-state index is -0.384. The fraction of sp³-hybridized carbons (Fsp3) is 0.261. The molecule has 0 aliphatic carbocycles. The Bertz CT molecular complexity index is 1060. The molecule has 3 aromatic rings. The first kappa shape index (κ1) is 22.4. The molecule has 3 amide bonds. The van der Waals surface area contributed by atoms with Crippen molar-refractivity contribution in [1.82, 2.24) is 9.88 Å². The Balaban J connectivity index is 1.69. The average molecular weight is 441 g/mol. The molecule has 6 nitrogen and oxygen atoms in total. The fourth-order valence-corrected chi connectivity index (χ4v) is 3.81. The van der Waals surface area contributed by atoms with Crippen LogP contribution in [0.2, 0.25) is 0 Å². The van der Waals surface area contributed by atoms with Crippen LogP contribution >= 0.6 is 11.3 Å². The molecule has 31 heavy (non-hydrogen) atoms. The maximum Gasteiger partial charge on any atom is 0.322 e. The second kappa shape index (κ2) is 9.70. The summed E-state index contributed by atoms with van der Waals surface area (Å²) in [5.74, 6) is -0.757. The van der Waals surface area contributed by atoms with E-state index in [1.165, 1.54) is 35.6 Å². The number of aromatic nitrogens is 1. The normalized spacial score (nSPS) is 10.8. The molecular formula is C23H25FN4O2S. The predicted octanol–water partition coefficient (Wildman–Crippen LogP) is 5.59. The second-order valence-corrected chi connectivity index (χ2v) is 8.45.